The molecule has 1 heterocycles. The molecule has 5 rings (SSSR count). The van der Waals surface area contributed by atoms with Gasteiger partial charge in [0.15, 0.2) is 18.3 Å². The number of carbonyl (C=O) groups excluding carboxylic acids is 4. The highest BCUT2D eigenvalue weighted by Crippen LogP contribution is 2.33. The summed E-state index contributed by atoms with van der Waals surface area (Å²) in [4.78, 5) is 52.3. The first-order valence-corrected chi connectivity index (χ1v) is 13.7. The molecule has 0 saturated carbocycles. The number of aliphatic hydroxyl groups is 1. The second-order valence-corrected chi connectivity index (χ2v) is 9.84. The van der Waals surface area contributed by atoms with Gasteiger partial charge in [-0.25, -0.2) is 19.2 Å². The van der Waals surface area contributed by atoms with E-state index in [2.05, 4.69) is 0 Å². The first-order chi connectivity index (χ1) is 21.3. The van der Waals surface area contributed by atoms with Crippen LogP contribution in [0.4, 0.5) is 0 Å². The Kier molecular flexibility index (Phi) is 9.43. The number of hydrogen-bond acceptors (Lipinski definition) is 10. The molecular weight excluding hydrogens is 568 g/mol. The third-order valence-electron chi connectivity index (χ3n) is 6.79. The third-order valence-corrected chi connectivity index (χ3v) is 6.79. The number of carbonyl (C=O) groups is 4. The number of benzene rings is 4. The Bertz CT molecular complexity index is 1580. The molecule has 0 unspecified atom stereocenters. The standard InChI is InChI=1S/C34H28O10/c35-30(23-13-5-1-6-14-23)40-22-34(39)29(44-33(38)26-19-11-4-12-20-26)28(43-32(37)25-17-9-3-10-18-25)27(21-41-34)42-31(36)24-15-7-2-8-16-24/h1-20,27-29,39H,21-22H2/t27-,28-,29+,34-/m1/s1. The molecule has 4 atom stereocenters. The van der Waals surface area contributed by atoms with Crippen LogP contribution in [0, 0.1) is 0 Å². The Hall–Kier alpha value is -5.32. The summed E-state index contributed by atoms with van der Waals surface area (Å²) in [5.41, 5.74) is 0.675. The van der Waals surface area contributed by atoms with Crippen molar-refractivity contribution in [2.24, 2.45) is 0 Å². The second-order valence-electron chi connectivity index (χ2n) is 9.84. The van der Waals surface area contributed by atoms with E-state index in [0.717, 1.165) is 0 Å². The number of esters is 4. The van der Waals surface area contributed by atoms with Crippen LogP contribution in [0.2, 0.25) is 0 Å². The molecular formula is C34H28O10. The maximum Gasteiger partial charge on any atom is 0.338 e. The minimum Gasteiger partial charge on any atom is -0.456 e. The quantitative estimate of drug-likeness (QED) is 0.221. The van der Waals surface area contributed by atoms with Gasteiger partial charge in [-0.1, -0.05) is 72.8 Å². The van der Waals surface area contributed by atoms with Crippen molar-refractivity contribution < 1.29 is 48.0 Å². The van der Waals surface area contributed by atoms with Gasteiger partial charge in [0.1, 0.15) is 6.61 Å². The maximum absolute atomic E-state index is 13.3. The van der Waals surface area contributed by atoms with E-state index in [1.807, 2.05) is 0 Å². The van der Waals surface area contributed by atoms with Crippen LogP contribution in [0.15, 0.2) is 121 Å². The Morgan fingerprint density at radius 2 is 0.977 bits per heavy atom. The lowest BCUT2D eigenvalue weighted by Gasteiger charge is -2.45. The molecule has 0 aromatic heterocycles. The van der Waals surface area contributed by atoms with E-state index in [0.29, 0.717) is 0 Å². The predicted octanol–water partition coefficient (Wildman–Crippen LogP) is 4.24. The van der Waals surface area contributed by atoms with E-state index in [9.17, 15) is 24.3 Å². The lowest BCUT2D eigenvalue weighted by atomic mass is 9.96. The summed E-state index contributed by atoms with van der Waals surface area (Å²) in [6, 6.07) is 32.0. The van der Waals surface area contributed by atoms with Crippen LogP contribution in [-0.4, -0.2) is 66.3 Å². The molecule has 1 aliphatic rings. The van der Waals surface area contributed by atoms with E-state index in [1.54, 1.807) is 72.8 Å². The summed E-state index contributed by atoms with van der Waals surface area (Å²) < 4.78 is 28.3. The molecule has 4 aromatic carbocycles. The summed E-state index contributed by atoms with van der Waals surface area (Å²) in [7, 11) is 0. The fraction of sp³-hybridized carbons (Fsp3) is 0.176. The van der Waals surface area contributed by atoms with Crippen LogP contribution in [-0.2, 0) is 23.7 Å². The lowest BCUT2D eigenvalue weighted by Crippen LogP contribution is -2.66. The highest BCUT2D eigenvalue weighted by Gasteiger charge is 2.57. The van der Waals surface area contributed by atoms with Crippen molar-refractivity contribution in [2.45, 2.75) is 24.1 Å². The minimum atomic E-state index is -2.51. The zero-order valence-electron chi connectivity index (χ0n) is 23.3. The third kappa shape index (κ3) is 7.17. The summed E-state index contributed by atoms with van der Waals surface area (Å²) in [6.45, 7) is -1.31. The van der Waals surface area contributed by atoms with Gasteiger partial charge in [-0.2, -0.15) is 0 Å². The summed E-state index contributed by atoms with van der Waals surface area (Å²) in [5, 5.41) is 11.7. The maximum atomic E-state index is 13.3. The average Bonchev–Trinajstić information content (AvgIpc) is 3.08. The Morgan fingerprint density at radius 1 is 0.591 bits per heavy atom. The SMILES string of the molecule is O=C(OC[C@@]1(O)OC[C@@H](OC(=O)c2ccccc2)[C@@H](OC(=O)c2ccccc2)[C@@H]1OC(=O)c1ccccc1)c1ccccc1. The van der Waals surface area contributed by atoms with Crippen molar-refractivity contribution >= 4 is 23.9 Å². The van der Waals surface area contributed by atoms with Crippen molar-refractivity contribution in [2.75, 3.05) is 13.2 Å². The fourth-order valence-electron chi connectivity index (χ4n) is 4.51. The fourth-order valence-corrected chi connectivity index (χ4v) is 4.51. The molecule has 1 saturated heterocycles. The van der Waals surface area contributed by atoms with E-state index in [4.69, 9.17) is 23.7 Å². The molecule has 0 radical (unpaired) electrons. The first-order valence-electron chi connectivity index (χ1n) is 13.7. The Balaban J connectivity index is 1.48. The molecule has 10 nitrogen and oxygen atoms in total. The smallest absolute Gasteiger partial charge is 0.338 e. The lowest BCUT2D eigenvalue weighted by molar-refractivity contribution is -0.327. The Morgan fingerprint density at radius 3 is 1.43 bits per heavy atom. The minimum absolute atomic E-state index is 0.118. The molecule has 10 heteroatoms. The molecule has 0 amide bonds. The molecule has 4 aromatic rings. The van der Waals surface area contributed by atoms with Crippen LogP contribution in [0.25, 0.3) is 0 Å². The van der Waals surface area contributed by atoms with Crippen molar-refractivity contribution in [3.63, 3.8) is 0 Å². The van der Waals surface area contributed by atoms with E-state index < -0.39 is 61.2 Å². The number of ether oxygens (including phenoxy) is 5. The molecule has 0 aliphatic carbocycles. The van der Waals surface area contributed by atoms with E-state index in [-0.39, 0.29) is 22.3 Å². The van der Waals surface area contributed by atoms with Gasteiger partial charge in [0.05, 0.1) is 28.9 Å². The molecule has 224 valence electrons. The van der Waals surface area contributed by atoms with E-state index in [1.165, 1.54) is 48.5 Å². The molecule has 1 N–H and O–H groups in total. The molecule has 44 heavy (non-hydrogen) atoms. The molecule has 1 fully saturated rings. The van der Waals surface area contributed by atoms with Gasteiger partial charge in [0, 0.05) is 0 Å². The largest absolute Gasteiger partial charge is 0.456 e. The van der Waals surface area contributed by atoms with Gasteiger partial charge < -0.3 is 28.8 Å². The van der Waals surface area contributed by atoms with Crippen LogP contribution in [0.5, 0.6) is 0 Å². The van der Waals surface area contributed by atoms with Crippen molar-refractivity contribution in [1.29, 1.82) is 0 Å². The average molecular weight is 597 g/mol. The first kappa shape index (κ1) is 30.1. The summed E-state index contributed by atoms with van der Waals surface area (Å²) in [5.74, 6) is -5.81. The van der Waals surface area contributed by atoms with Crippen molar-refractivity contribution in [3.8, 4) is 0 Å². The van der Waals surface area contributed by atoms with Crippen LogP contribution in [0.3, 0.4) is 0 Å². The highest BCUT2D eigenvalue weighted by molar-refractivity contribution is 5.91. The van der Waals surface area contributed by atoms with Crippen molar-refractivity contribution in [1.82, 2.24) is 0 Å². The zero-order chi connectivity index (χ0) is 30.9. The topological polar surface area (TPSA) is 135 Å². The predicted molar refractivity (Wildman–Crippen MR) is 155 cm³/mol. The van der Waals surface area contributed by atoms with Gasteiger partial charge >= 0.3 is 23.9 Å². The van der Waals surface area contributed by atoms with Gasteiger partial charge in [0.25, 0.3) is 0 Å². The summed E-state index contributed by atoms with van der Waals surface area (Å²) >= 11 is 0. The number of hydrogen-bond donors (Lipinski definition) is 1. The van der Waals surface area contributed by atoms with Gasteiger partial charge in [-0.15, -0.1) is 0 Å². The van der Waals surface area contributed by atoms with Gasteiger partial charge in [-0.3, -0.25) is 0 Å². The highest BCUT2D eigenvalue weighted by atomic mass is 16.7. The van der Waals surface area contributed by atoms with Crippen molar-refractivity contribution in [3.05, 3.63) is 144 Å². The Labute approximate surface area is 252 Å². The van der Waals surface area contributed by atoms with Crippen LogP contribution in [0.1, 0.15) is 41.4 Å². The molecule has 0 bridgehead atoms. The van der Waals surface area contributed by atoms with Gasteiger partial charge in [0.2, 0.25) is 5.79 Å². The number of rotatable bonds is 9. The summed E-state index contributed by atoms with van der Waals surface area (Å²) in [6.07, 6.45) is -4.74. The normalized spacial score (nSPS) is 21.0. The second kappa shape index (κ2) is 13.8. The molecule has 1 aliphatic heterocycles. The van der Waals surface area contributed by atoms with E-state index >= 15 is 0 Å². The molecule has 0 spiro atoms. The van der Waals surface area contributed by atoms with Crippen LogP contribution >= 0.6 is 0 Å². The van der Waals surface area contributed by atoms with Gasteiger partial charge in [-0.05, 0) is 48.5 Å². The van der Waals surface area contributed by atoms with Crippen LogP contribution < -0.4 is 0 Å². The zero-order valence-corrected chi connectivity index (χ0v) is 23.3. The monoisotopic (exact) mass is 596 g/mol.